The Morgan fingerprint density at radius 1 is 1.62 bits per heavy atom. The van der Waals surface area contributed by atoms with Gasteiger partial charge < -0.3 is 9.26 Å². The number of thioether (sulfide) groups is 2. The van der Waals surface area contributed by atoms with Gasteiger partial charge in [-0.15, -0.1) is 11.8 Å². The fraction of sp³-hybridized carbons (Fsp3) is 0.667. The smallest absolute Gasteiger partial charge is 0.315 e. The van der Waals surface area contributed by atoms with Gasteiger partial charge in [-0.3, -0.25) is 4.79 Å². The zero-order chi connectivity index (χ0) is 11.4. The molecule has 2 heterocycles. The van der Waals surface area contributed by atoms with Gasteiger partial charge in [0.05, 0.1) is 12.4 Å². The number of methoxy groups -OCH3 is 1. The summed E-state index contributed by atoms with van der Waals surface area (Å²) in [6.07, 6.45) is 0.0496. The summed E-state index contributed by atoms with van der Waals surface area (Å²) in [7, 11) is 1.34. The van der Waals surface area contributed by atoms with Crippen molar-refractivity contribution in [2.75, 3.05) is 24.4 Å². The first-order chi connectivity index (χ1) is 7.79. The number of hydrogen-bond donors (Lipinski definition) is 0. The van der Waals surface area contributed by atoms with Gasteiger partial charge in [-0.25, -0.2) is 0 Å². The zero-order valence-electron chi connectivity index (χ0n) is 8.84. The molecule has 0 bridgehead atoms. The van der Waals surface area contributed by atoms with E-state index >= 15 is 0 Å². The molecule has 1 aliphatic rings. The number of ether oxygens (including phenoxy) is 1. The molecule has 0 N–H and O–H groups in total. The average molecular weight is 260 g/mol. The second-order valence-corrected chi connectivity index (χ2v) is 5.69. The maximum Gasteiger partial charge on any atom is 0.315 e. The van der Waals surface area contributed by atoms with Crippen molar-refractivity contribution in [2.24, 2.45) is 0 Å². The van der Waals surface area contributed by atoms with Crippen LogP contribution in [0.5, 0.6) is 0 Å². The zero-order valence-corrected chi connectivity index (χ0v) is 10.5. The molecule has 88 valence electrons. The van der Waals surface area contributed by atoms with E-state index in [4.69, 9.17) is 4.52 Å². The van der Waals surface area contributed by atoms with Crippen molar-refractivity contribution in [3.05, 3.63) is 11.7 Å². The maximum atomic E-state index is 11.0. The Morgan fingerprint density at radius 2 is 2.50 bits per heavy atom. The lowest BCUT2D eigenvalue weighted by atomic mass is 10.4. The molecule has 0 saturated carbocycles. The second-order valence-electron chi connectivity index (χ2n) is 3.23. The van der Waals surface area contributed by atoms with Crippen LogP contribution in [0, 0.1) is 0 Å². The summed E-state index contributed by atoms with van der Waals surface area (Å²) in [5.74, 6) is 3.95. The van der Waals surface area contributed by atoms with Crippen LogP contribution in [0.4, 0.5) is 0 Å². The minimum absolute atomic E-state index is 0.0496. The summed E-state index contributed by atoms with van der Waals surface area (Å²) in [6.45, 7) is 0. The lowest BCUT2D eigenvalue weighted by molar-refractivity contribution is -0.140. The molecule has 2 rings (SSSR count). The third-order valence-electron chi connectivity index (χ3n) is 2.11. The van der Waals surface area contributed by atoms with Gasteiger partial charge in [0.25, 0.3) is 0 Å². The van der Waals surface area contributed by atoms with Gasteiger partial charge in [-0.1, -0.05) is 5.16 Å². The molecular weight excluding hydrogens is 248 g/mol. The van der Waals surface area contributed by atoms with Gasteiger partial charge in [0.2, 0.25) is 5.89 Å². The largest absolute Gasteiger partial charge is 0.469 e. The first-order valence-corrected chi connectivity index (χ1v) is 7.08. The van der Waals surface area contributed by atoms with Crippen LogP contribution in [-0.4, -0.2) is 40.5 Å². The Balaban J connectivity index is 1.98. The first kappa shape index (κ1) is 11.8. The molecule has 1 atom stereocenters. The van der Waals surface area contributed by atoms with Crippen LogP contribution >= 0.6 is 23.5 Å². The number of carbonyl (C=O) groups excluding carboxylic acids is 1. The van der Waals surface area contributed by atoms with Gasteiger partial charge >= 0.3 is 5.97 Å². The van der Waals surface area contributed by atoms with Gasteiger partial charge in [-0.2, -0.15) is 16.7 Å². The highest BCUT2D eigenvalue weighted by molar-refractivity contribution is 8.06. The molecule has 0 spiro atoms. The summed E-state index contributed by atoms with van der Waals surface area (Å²) < 4.78 is 9.54. The number of esters is 1. The van der Waals surface area contributed by atoms with E-state index in [1.165, 1.54) is 12.9 Å². The minimum atomic E-state index is -0.360. The van der Waals surface area contributed by atoms with Crippen LogP contribution in [0.15, 0.2) is 4.52 Å². The molecule has 1 fully saturated rings. The monoisotopic (exact) mass is 260 g/mol. The third-order valence-corrected chi connectivity index (χ3v) is 4.86. The molecular formula is C9H12N2O3S2. The van der Waals surface area contributed by atoms with E-state index in [9.17, 15) is 4.79 Å². The Morgan fingerprint density at radius 3 is 3.19 bits per heavy atom. The Hall–Kier alpha value is -0.690. The molecule has 0 radical (unpaired) electrons. The maximum absolute atomic E-state index is 11.0. The van der Waals surface area contributed by atoms with Crippen LogP contribution in [0.1, 0.15) is 17.0 Å². The van der Waals surface area contributed by atoms with Crippen LogP contribution in [0.2, 0.25) is 0 Å². The highest BCUT2D eigenvalue weighted by Gasteiger charge is 2.22. The molecule has 5 nitrogen and oxygen atoms in total. The van der Waals surface area contributed by atoms with E-state index in [2.05, 4.69) is 14.9 Å². The number of aromatic nitrogens is 2. The summed E-state index contributed by atoms with van der Waals surface area (Å²) in [6, 6.07) is 0. The van der Waals surface area contributed by atoms with E-state index < -0.39 is 0 Å². The lowest BCUT2D eigenvalue weighted by Crippen LogP contribution is -2.08. The summed E-state index contributed by atoms with van der Waals surface area (Å²) in [4.78, 5) is 15.2. The first-order valence-electron chi connectivity index (χ1n) is 4.88. The predicted molar refractivity (Wildman–Crippen MR) is 62.5 cm³/mol. The Bertz CT molecular complexity index is 363. The molecule has 1 aliphatic heterocycles. The van der Waals surface area contributed by atoms with E-state index in [-0.39, 0.29) is 17.6 Å². The molecule has 7 heteroatoms. The van der Waals surface area contributed by atoms with Crippen molar-refractivity contribution in [3.63, 3.8) is 0 Å². The van der Waals surface area contributed by atoms with Crippen LogP contribution in [0.3, 0.4) is 0 Å². The average Bonchev–Trinajstić information content (AvgIpc) is 2.78. The van der Waals surface area contributed by atoms with Gasteiger partial charge in [0, 0.05) is 17.3 Å². The van der Waals surface area contributed by atoms with Crippen molar-refractivity contribution >= 4 is 29.5 Å². The summed E-state index contributed by atoms with van der Waals surface area (Å²) in [5, 5.41) is 4.19. The molecule has 16 heavy (non-hydrogen) atoms. The number of nitrogens with zero attached hydrogens (tertiary/aromatic N) is 2. The normalized spacial score (nSPS) is 20.7. The lowest BCUT2D eigenvalue weighted by Gasteiger charge is -2.16. The standard InChI is InChI=1S/C9H12N2O3S2/c1-13-8(12)4-7-10-9(11-14-7)6-5-15-2-3-16-6/h6H,2-5H2,1H3. The predicted octanol–water partition coefficient (Wildman–Crippen LogP) is 1.31. The van der Waals surface area contributed by atoms with Crippen molar-refractivity contribution in [2.45, 2.75) is 11.7 Å². The SMILES string of the molecule is COC(=O)Cc1nc(C2CSCCS2)no1. The van der Waals surface area contributed by atoms with E-state index in [1.54, 1.807) is 0 Å². The summed E-state index contributed by atoms with van der Waals surface area (Å²) >= 11 is 3.72. The number of carbonyl (C=O) groups is 1. The fourth-order valence-electron chi connectivity index (χ4n) is 1.30. The Kier molecular flexibility index (Phi) is 4.11. The van der Waals surface area contributed by atoms with Gasteiger partial charge in [-0.05, 0) is 0 Å². The topological polar surface area (TPSA) is 65.2 Å². The summed E-state index contributed by atoms with van der Waals surface area (Å²) in [5.41, 5.74) is 0. The highest BCUT2D eigenvalue weighted by Crippen LogP contribution is 2.35. The van der Waals surface area contributed by atoms with Crippen LogP contribution in [-0.2, 0) is 16.0 Å². The molecule has 1 aromatic rings. The molecule has 0 aliphatic carbocycles. The number of rotatable bonds is 3. The van der Waals surface area contributed by atoms with E-state index in [0.29, 0.717) is 11.7 Å². The van der Waals surface area contributed by atoms with E-state index in [1.807, 2.05) is 23.5 Å². The van der Waals surface area contributed by atoms with Crippen molar-refractivity contribution in [1.29, 1.82) is 0 Å². The molecule has 0 aromatic carbocycles. The van der Waals surface area contributed by atoms with Crippen molar-refractivity contribution in [3.8, 4) is 0 Å². The quantitative estimate of drug-likeness (QED) is 0.759. The van der Waals surface area contributed by atoms with Crippen LogP contribution in [0.25, 0.3) is 0 Å². The van der Waals surface area contributed by atoms with Crippen molar-refractivity contribution < 1.29 is 14.1 Å². The van der Waals surface area contributed by atoms with Gasteiger partial charge in [0.15, 0.2) is 5.82 Å². The minimum Gasteiger partial charge on any atom is -0.469 e. The fourth-order valence-corrected chi connectivity index (χ4v) is 3.89. The molecule has 1 aromatic heterocycles. The van der Waals surface area contributed by atoms with Crippen LogP contribution < -0.4 is 0 Å². The van der Waals surface area contributed by atoms with Crippen molar-refractivity contribution in [1.82, 2.24) is 10.1 Å². The molecule has 1 unspecified atom stereocenters. The Labute approximate surface area is 102 Å². The third kappa shape index (κ3) is 2.91. The molecule has 0 amide bonds. The second kappa shape index (κ2) is 5.58. The number of hydrogen-bond acceptors (Lipinski definition) is 7. The highest BCUT2D eigenvalue weighted by atomic mass is 32.2. The van der Waals surface area contributed by atoms with Gasteiger partial charge in [0.1, 0.15) is 6.42 Å². The van der Waals surface area contributed by atoms with E-state index in [0.717, 1.165) is 11.5 Å². The molecule has 1 saturated heterocycles.